The van der Waals surface area contributed by atoms with Gasteiger partial charge in [0.05, 0.1) is 12.2 Å². The Morgan fingerprint density at radius 1 is 1.12 bits per heavy atom. The van der Waals surface area contributed by atoms with Crippen LogP contribution in [0, 0.1) is 0 Å². The summed E-state index contributed by atoms with van der Waals surface area (Å²) in [6, 6.07) is 7.75. The predicted molar refractivity (Wildman–Crippen MR) is 102 cm³/mol. The first-order valence-corrected chi connectivity index (χ1v) is 9.49. The van der Waals surface area contributed by atoms with E-state index in [1.165, 1.54) is 3.97 Å². The predicted octanol–water partition coefficient (Wildman–Crippen LogP) is 0.942. The Hall–Kier alpha value is -1.90. The molecule has 0 aliphatic carbocycles. The summed E-state index contributed by atoms with van der Waals surface area (Å²) in [6.45, 7) is 4.24. The molecule has 2 aliphatic heterocycles. The topological polar surface area (TPSA) is 69.6 Å². The minimum absolute atomic E-state index is 0. The molecule has 1 aromatic heterocycles. The lowest BCUT2D eigenvalue weighted by Gasteiger charge is -2.30. The van der Waals surface area contributed by atoms with Crippen LogP contribution in [0.3, 0.4) is 0 Å². The van der Waals surface area contributed by atoms with Crippen LogP contribution < -0.4 is 15.5 Å². The second-order valence-corrected chi connectivity index (χ2v) is 7.87. The van der Waals surface area contributed by atoms with Crippen LogP contribution in [0.5, 0.6) is 0 Å². The monoisotopic (exact) mass is 383 g/mol. The summed E-state index contributed by atoms with van der Waals surface area (Å²) in [5.41, 5.74) is 1.81. The minimum Gasteiger partial charge on any atom is -0.371 e. The third kappa shape index (κ3) is 2.94. The van der Waals surface area contributed by atoms with Gasteiger partial charge in [0.1, 0.15) is 0 Å². The number of benzene rings is 1. The SMILES string of the molecule is CN1CNC=C1S(=O)(=O)n1ccc2c(N3CCNCC3)cccc21.Cl. The van der Waals surface area contributed by atoms with Gasteiger partial charge in [0.15, 0.2) is 5.03 Å². The van der Waals surface area contributed by atoms with Crippen LogP contribution in [0.2, 0.25) is 0 Å². The average molecular weight is 384 g/mol. The number of halogens is 1. The van der Waals surface area contributed by atoms with Gasteiger partial charge in [-0.2, -0.15) is 8.42 Å². The molecule has 1 saturated heterocycles. The molecular weight excluding hydrogens is 362 g/mol. The van der Waals surface area contributed by atoms with Crippen molar-refractivity contribution in [2.45, 2.75) is 0 Å². The summed E-state index contributed by atoms with van der Waals surface area (Å²) in [5, 5.41) is 7.55. The number of nitrogens with one attached hydrogen (secondary N) is 2. The van der Waals surface area contributed by atoms with Crippen LogP contribution >= 0.6 is 12.4 Å². The number of aromatic nitrogens is 1. The fraction of sp³-hybridized carbons (Fsp3) is 0.375. The van der Waals surface area contributed by atoms with E-state index in [-0.39, 0.29) is 17.4 Å². The van der Waals surface area contributed by atoms with E-state index in [9.17, 15) is 8.42 Å². The zero-order valence-electron chi connectivity index (χ0n) is 14.0. The first kappa shape index (κ1) is 17.9. The molecule has 2 N–H and O–H groups in total. The number of piperazine rings is 1. The zero-order chi connectivity index (χ0) is 16.7. The summed E-state index contributed by atoms with van der Waals surface area (Å²) in [7, 11) is -1.84. The van der Waals surface area contributed by atoms with Gasteiger partial charge in [-0.15, -0.1) is 12.4 Å². The normalized spacial score (nSPS) is 18.0. The van der Waals surface area contributed by atoms with Crippen LogP contribution in [0.25, 0.3) is 10.9 Å². The zero-order valence-corrected chi connectivity index (χ0v) is 15.6. The highest BCUT2D eigenvalue weighted by molar-refractivity contribution is 7.93. The van der Waals surface area contributed by atoms with Crippen LogP contribution in [-0.2, 0) is 10.0 Å². The second kappa shape index (κ2) is 6.78. The summed E-state index contributed by atoms with van der Waals surface area (Å²) in [4.78, 5) is 4.00. The van der Waals surface area contributed by atoms with Gasteiger partial charge in [0.2, 0.25) is 0 Å². The van der Waals surface area contributed by atoms with E-state index in [4.69, 9.17) is 0 Å². The number of fused-ring (bicyclic) bond motifs is 1. The van der Waals surface area contributed by atoms with Gasteiger partial charge >= 0.3 is 0 Å². The first-order chi connectivity index (χ1) is 11.6. The molecule has 0 unspecified atom stereocenters. The first-order valence-electron chi connectivity index (χ1n) is 8.05. The van der Waals surface area contributed by atoms with Crippen molar-refractivity contribution >= 4 is 39.0 Å². The quantitative estimate of drug-likeness (QED) is 0.822. The Balaban J connectivity index is 0.00000182. The highest BCUT2D eigenvalue weighted by atomic mass is 35.5. The van der Waals surface area contributed by atoms with E-state index in [0.717, 1.165) is 37.3 Å². The second-order valence-electron chi connectivity index (χ2n) is 6.11. The van der Waals surface area contributed by atoms with Crippen LogP contribution in [0.4, 0.5) is 5.69 Å². The molecule has 1 fully saturated rings. The van der Waals surface area contributed by atoms with Gasteiger partial charge < -0.3 is 20.4 Å². The standard InChI is InChI=1S/C16H21N5O2S.ClH/c1-19-12-18-11-16(19)24(22,23)21-8-5-13-14(3-2-4-15(13)21)20-9-6-17-7-10-20;/h2-5,8,11,17-18H,6-7,9-10,12H2,1H3;1H. The van der Waals surface area contributed by atoms with Crippen molar-refractivity contribution in [3.63, 3.8) is 0 Å². The van der Waals surface area contributed by atoms with E-state index in [2.05, 4.69) is 21.6 Å². The molecule has 4 rings (SSSR count). The molecule has 0 radical (unpaired) electrons. The number of hydrogen-bond donors (Lipinski definition) is 2. The molecule has 7 nitrogen and oxygen atoms in total. The molecule has 9 heteroatoms. The van der Waals surface area contributed by atoms with Crippen molar-refractivity contribution in [3.8, 4) is 0 Å². The van der Waals surface area contributed by atoms with Crippen molar-refractivity contribution in [2.75, 3.05) is 44.8 Å². The van der Waals surface area contributed by atoms with Gasteiger partial charge in [-0.05, 0) is 18.2 Å². The Morgan fingerprint density at radius 2 is 1.88 bits per heavy atom. The molecule has 2 aliphatic rings. The van der Waals surface area contributed by atoms with Crippen molar-refractivity contribution in [3.05, 3.63) is 41.7 Å². The van der Waals surface area contributed by atoms with E-state index in [1.54, 1.807) is 24.3 Å². The Morgan fingerprint density at radius 3 is 2.56 bits per heavy atom. The number of anilines is 1. The van der Waals surface area contributed by atoms with Gasteiger partial charge in [-0.3, -0.25) is 0 Å². The molecule has 2 aromatic rings. The molecule has 25 heavy (non-hydrogen) atoms. The maximum atomic E-state index is 13.0. The lowest BCUT2D eigenvalue weighted by atomic mass is 10.2. The van der Waals surface area contributed by atoms with Gasteiger partial charge in [0, 0.05) is 56.7 Å². The summed E-state index contributed by atoms with van der Waals surface area (Å²) in [6.07, 6.45) is 3.21. The van der Waals surface area contributed by atoms with Crippen LogP contribution in [0.1, 0.15) is 0 Å². The molecule has 0 bridgehead atoms. The Bertz CT molecular complexity index is 902. The highest BCUT2D eigenvalue weighted by Crippen LogP contribution is 2.30. The average Bonchev–Trinajstić information content (AvgIpc) is 3.22. The molecule has 0 amide bonds. The molecule has 0 spiro atoms. The lowest BCUT2D eigenvalue weighted by molar-refractivity contribution is 0.454. The number of nitrogens with zero attached hydrogens (tertiary/aromatic N) is 3. The maximum Gasteiger partial charge on any atom is 0.285 e. The maximum absolute atomic E-state index is 13.0. The van der Waals surface area contributed by atoms with E-state index >= 15 is 0 Å². The Labute approximate surface area is 153 Å². The number of hydrogen-bond acceptors (Lipinski definition) is 6. The molecular formula is C16H22ClN5O2S. The van der Waals surface area contributed by atoms with Crippen molar-refractivity contribution in [1.82, 2.24) is 19.5 Å². The van der Waals surface area contributed by atoms with Crippen LogP contribution in [0.15, 0.2) is 41.7 Å². The largest absolute Gasteiger partial charge is 0.371 e. The van der Waals surface area contributed by atoms with Crippen LogP contribution in [-0.4, -0.2) is 57.2 Å². The molecule has 0 saturated carbocycles. The third-order valence-electron chi connectivity index (χ3n) is 4.59. The minimum atomic E-state index is -3.61. The van der Waals surface area contributed by atoms with E-state index in [1.807, 2.05) is 18.2 Å². The Kier molecular flexibility index (Phi) is 4.86. The van der Waals surface area contributed by atoms with Crippen molar-refractivity contribution < 1.29 is 8.42 Å². The molecule has 136 valence electrons. The molecule has 3 heterocycles. The fourth-order valence-corrected chi connectivity index (χ4v) is 4.88. The summed E-state index contributed by atoms with van der Waals surface area (Å²) in [5.74, 6) is 0. The highest BCUT2D eigenvalue weighted by Gasteiger charge is 2.28. The molecule has 1 aromatic carbocycles. The van der Waals surface area contributed by atoms with Gasteiger partial charge in [0.25, 0.3) is 10.0 Å². The summed E-state index contributed by atoms with van der Waals surface area (Å²) < 4.78 is 27.4. The van der Waals surface area contributed by atoms with E-state index < -0.39 is 10.0 Å². The summed E-state index contributed by atoms with van der Waals surface area (Å²) >= 11 is 0. The van der Waals surface area contributed by atoms with Crippen molar-refractivity contribution in [1.29, 1.82) is 0 Å². The third-order valence-corrected chi connectivity index (χ3v) is 6.38. The van der Waals surface area contributed by atoms with Gasteiger partial charge in [-0.25, -0.2) is 3.97 Å². The van der Waals surface area contributed by atoms with E-state index in [0.29, 0.717) is 12.2 Å². The van der Waals surface area contributed by atoms with Crippen molar-refractivity contribution in [2.24, 2.45) is 0 Å². The lowest BCUT2D eigenvalue weighted by Crippen LogP contribution is -2.43. The smallest absolute Gasteiger partial charge is 0.285 e. The fourth-order valence-electron chi connectivity index (χ4n) is 3.35. The van der Waals surface area contributed by atoms with Gasteiger partial charge in [-0.1, -0.05) is 6.07 Å². The molecule has 0 atom stereocenters. The number of rotatable bonds is 3.